The second-order valence-electron chi connectivity index (χ2n) is 3.73. The Morgan fingerprint density at radius 3 is 2.40 bits per heavy atom. The standard InChI is InChI=1S/C12H22O2S/c1-3-4-5-6-7-8-9-15-10-11(2)12(13)14/h2-10H2,1H3,(H,13,14). The molecule has 0 saturated heterocycles. The summed E-state index contributed by atoms with van der Waals surface area (Å²) >= 11 is 1.67. The van der Waals surface area contributed by atoms with Crippen LogP contribution in [-0.4, -0.2) is 22.6 Å². The van der Waals surface area contributed by atoms with Crippen LogP contribution in [-0.2, 0) is 4.79 Å². The molecule has 0 saturated carbocycles. The molecule has 0 aliphatic heterocycles. The van der Waals surface area contributed by atoms with E-state index in [-0.39, 0.29) is 0 Å². The summed E-state index contributed by atoms with van der Waals surface area (Å²) in [5, 5.41) is 8.57. The van der Waals surface area contributed by atoms with Crippen LogP contribution in [0.25, 0.3) is 0 Å². The van der Waals surface area contributed by atoms with E-state index in [2.05, 4.69) is 13.5 Å². The highest BCUT2D eigenvalue weighted by Gasteiger charge is 2.02. The SMILES string of the molecule is C=C(CSCCCCCCCC)C(=O)O. The van der Waals surface area contributed by atoms with E-state index in [0.717, 1.165) is 5.75 Å². The Balaban J connectivity index is 3.11. The normalized spacial score (nSPS) is 10.2. The summed E-state index contributed by atoms with van der Waals surface area (Å²) in [6, 6.07) is 0. The van der Waals surface area contributed by atoms with E-state index in [9.17, 15) is 4.79 Å². The third-order valence-electron chi connectivity index (χ3n) is 2.22. The van der Waals surface area contributed by atoms with Gasteiger partial charge in [0.2, 0.25) is 0 Å². The number of carbonyl (C=O) groups is 1. The van der Waals surface area contributed by atoms with Gasteiger partial charge in [-0.05, 0) is 12.2 Å². The average molecular weight is 230 g/mol. The molecule has 0 aromatic carbocycles. The van der Waals surface area contributed by atoms with Crippen molar-refractivity contribution in [3.05, 3.63) is 12.2 Å². The number of aliphatic carboxylic acids is 1. The second kappa shape index (κ2) is 10.1. The lowest BCUT2D eigenvalue weighted by Crippen LogP contribution is -2.01. The van der Waals surface area contributed by atoms with E-state index in [0.29, 0.717) is 11.3 Å². The van der Waals surface area contributed by atoms with Crippen molar-refractivity contribution < 1.29 is 9.90 Å². The summed E-state index contributed by atoms with van der Waals surface area (Å²) in [7, 11) is 0. The third-order valence-corrected chi connectivity index (χ3v) is 3.35. The van der Waals surface area contributed by atoms with Gasteiger partial charge in [-0.1, -0.05) is 45.6 Å². The second-order valence-corrected chi connectivity index (χ2v) is 4.83. The zero-order valence-electron chi connectivity index (χ0n) is 9.63. The molecule has 3 heteroatoms. The van der Waals surface area contributed by atoms with E-state index < -0.39 is 5.97 Å². The van der Waals surface area contributed by atoms with Crippen LogP contribution in [0.4, 0.5) is 0 Å². The zero-order chi connectivity index (χ0) is 11.5. The fourth-order valence-electron chi connectivity index (χ4n) is 1.24. The lowest BCUT2D eigenvalue weighted by Gasteiger charge is -2.01. The van der Waals surface area contributed by atoms with Crippen molar-refractivity contribution >= 4 is 17.7 Å². The summed E-state index contributed by atoms with van der Waals surface area (Å²) in [6.45, 7) is 5.71. The van der Waals surface area contributed by atoms with Gasteiger partial charge in [0.15, 0.2) is 0 Å². The molecule has 0 aromatic rings. The fourth-order valence-corrected chi connectivity index (χ4v) is 2.16. The van der Waals surface area contributed by atoms with Crippen LogP contribution in [0, 0.1) is 0 Å². The zero-order valence-corrected chi connectivity index (χ0v) is 10.4. The summed E-state index contributed by atoms with van der Waals surface area (Å²) in [5.41, 5.74) is 0.311. The smallest absolute Gasteiger partial charge is 0.331 e. The van der Waals surface area contributed by atoms with Gasteiger partial charge in [-0.25, -0.2) is 4.79 Å². The molecule has 0 bridgehead atoms. The van der Waals surface area contributed by atoms with Crippen molar-refractivity contribution in [3.63, 3.8) is 0 Å². The molecular weight excluding hydrogens is 208 g/mol. The number of rotatable bonds is 10. The molecule has 0 radical (unpaired) electrons. The summed E-state index contributed by atoms with van der Waals surface area (Å²) in [6.07, 6.45) is 7.74. The summed E-state index contributed by atoms with van der Waals surface area (Å²) in [5.74, 6) is 0.744. The van der Waals surface area contributed by atoms with E-state index in [4.69, 9.17) is 5.11 Å². The molecule has 0 unspecified atom stereocenters. The Bertz CT molecular complexity index is 190. The van der Waals surface area contributed by atoms with Gasteiger partial charge in [-0.15, -0.1) is 0 Å². The van der Waals surface area contributed by atoms with Gasteiger partial charge in [-0.2, -0.15) is 11.8 Å². The van der Waals surface area contributed by atoms with E-state index in [1.54, 1.807) is 11.8 Å². The summed E-state index contributed by atoms with van der Waals surface area (Å²) < 4.78 is 0. The van der Waals surface area contributed by atoms with Gasteiger partial charge in [0.05, 0.1) is 0 Å². The van der Waals surface area contributed by atoms with Crippen LogP contribution >= 0.6 is 11.8 Å². The van der Waals surface area contributed by atoms with Gasteiger partial charge in [-0.3, -0.25) is 0 Å². The molecule has 0 aliphatic carbocycles. The fraction of sp³-hybridized carbons (Fsp3) is 0.750. The molecular formula is C12H22O2S. The first-order valence-electron chi connectivity index (χ1n) is 5.67. The first-order chi connectivity index (χ1) is 7.18. The largest absolute Gasteiger partial charge is 0.478 e. The highest BCUT2D eigenvalue weighted by atomic mass is 32.2. The number of unbranched alkanes of at least 4 members (excludes halogenated alkanes) is 5. The number of carboxylic acid groups (broad SMARTS) is 1. The molecule has 0 spiro atoms. The Morgan fingerprint density at radius 1 is 1.20 bits per heavy atom. The van der Waals surface area contributed by atoms with Crippen LogP contribution in [0.3, 0.4) is 0 Å². The number of thioether (sulfide) groups is 1. The Morgan fingerprint density at radius 2 is 1.80 bits per heavy atom. The predicted molar refractivity (Wildman–Crippen MR) is 67.5 cm³/mol. The first-order valence-corrected chi connectivity index (χ1v) is 6.82. The lowest BCUT2D eigenvalue weighted by molar-refractivity contribution is -0.132. The van der Waals surface area contributed by atoms with Crippen molar-refractivity contribution in [2.45, 2.75) is 45.4 Å². The Kier molecular flexibility index (Phi) is 9.79. The van der Waals surface area contributed by atoms with Crippen LogP contribution < -0.4 is 0 Å². The van der Waals surface area contributed by atoms with Gasteiger partial charge < -0.3 is 5.11 Å². The molecule has 0 rings (SSSR count). The molecule has 0 aromatic heterocycles. The minimum absolute atomic E-state index is 0.311. The number of hydrogen-bond acceptors (Lipinski definition) is 2. The lowest BCUT2D eigenvalue weighted by atomic mass is 10.1. The number of hydrogen-bond donors (Lipinski definition) is 1. The molecule has 2 nitrogen and oxygen atoms in total. The van der Waals surface area contributed by atoms with Gasteiger partial charge in [0.1, 0.15) is 0 Å². The summed E-state index contributed by atoms with van der Waals surface area (Å²) in [4.78, 5) is 10.4. The van der Waals surface area contributed by atoms with Gasteiger partial charge in [0, 0.05) is 11.3 Å². The number of carboxylic acids is 1. The van der Waals surface area contributed by atoms with Gasteiger partial charge >= 0.3 is 5.97 Å². The van der Waals surface area contributed by atoms with Crippen LogP contribution in [0.5, 0.6) is 0 Å². The minimum Gasteiger partial charge on any atom is -0.478 e. The Labute approximate surface area is 97.1 Å². The van der Waals surface area contributed by atoms with Crippen molar-refractivity contribution in [2.75, 3.05) is 11.5 Å². The molecule has 0 atom stereocenters. The monoisotopic (exact) mass is 230 g/mol. The maximum atomic E-state index is 10.4. The van der Waals surface area contributed by atoms with Crippen LogP contribution in [0.2, 0.25) is 0 Å². The van der Waals surface area contributed by atoms with E-state index in [1.807, 2.05) is 0 Å². The minimum atomic E-state index is -0.870. The quantitative estimate of drug-likeness (QED) is 0.459. The Hall–Kier alpha value is -0.440. The van der Waals surface area contributed by atoms with Crippen molar-refractivity contribution in [1.82, 2.24) is 0 Å². The molecule has 0 fully saturated rings. The maximum Gasteiger partial charge on any atom is 0.331 e. The van der Waals surface area contributed by atoms with Crippen molar-refractivity contribution in [3.8, 4) is 0 Å². The maximum absolute atomic E-state index is 10.4. The van der Waals surface area contributed by atoms with Crippen LogP contribution in [0.15, 0.2) is 12.2 Å². The van der Waals surface area contributed by atoms with Gasteiger partial charge in [0.25, 0.3) is 0 Å². The molecule has 1 N–H and O–H groups in total. The molecule has 0 heterocycles. The first kappa shape index (κ1) is 14.6. The highest BCUT2D eigenvalue weighted by molar-refractivity contribution is 7.99. The molecule has 15 heavy (non-hydrogen) atoms. The van der Waals surface area contributed by atoms with Crippen molar-refractivity contribution in [1.29, 1.82) is 0 Å². The predicted octanol–water partition coefficient (Wildman–Crippen LogP) is 3.72. The third kappa shape index (κ3) is 9.85. The molecule has 88 valence electrons. The van der Waals surface area contributed by atoms with Crippen LogP contribution in [0.1, 0.15) is 45.4 Å². The topological polar surface area (TPSA) is 37.3 Å². The van der Waals surface area contributed by atoms with E-state index >= 15 is 0 Å². The van der Waals surface area contributed by atoms with Crippen molar-refractivity contribution in [2.24, 2.45) is 0 Å². The highest BCUT2D eigenvalue weighted by Crippen LogP contribution is 2.11. The molecule has 0 amide bonds. The average Bonchev–Trinajstić information content (AvgIpc) is 2.21. The van der Waals surface area contributed by atoms with E-state index in [1.165, 1.54) is 38.5 Å². The molecule has 0 aliphatic rings.